The summed E-state index contributed by atoms with van der Waals surface area (Å²) in [5, 5.41) is 0. The summed E-state index contributed by atoms with van der Waals surface area (Å²) in [7, 11) is 3.63. The third-order valence-electron chi connectivity index (χ3n) is 3.13. The van der Waals surface area contributed by atoms with Crippen LogP contribution in [0.15, 0.2) is 0 Å². The van der Waals surface area contributed by atoms with E-state index in [4.69, 9.17) is 5.73 Å². The fraction of sp³-hybridized carbons (Fsp3) is 1.00. The smallest absolute Gasteiger partial charge is 0.169 e. The van der Waals surface area contributed by atoms with Crippen molar-refractivity contribution in [2.45, 2.75) is 25.7 Å². The van der Waals surface area contributed by atoms with Crippen LogP contribution in [0.25, 0.3) is 0 Å². The Bertz CT molecular complexity index is 203. The van der Waals surface area contributed by atoms with E-state index in [9.17, 15) is 4.21 Å². The predicted molar refractivity (Wildman–Crippen MR) is 64.3 cm³/mol. The maximum Gasteiger partial charge on any atom is 0.169 e. The first kappa shape index (κ1) is 13.1. The molecule has 0 bridgehead atoms. The van der Waals surface area contributed by atoms with Gasteiger partial charge in [0.05, 0.1) is 0 Å². The molecule has 0 heterocycles. The number of nitrogens with zero attached hydrogens (tertiary/aromatic N) is 1. The third kappa shape index (κ3) is 4.59. The van der Waals surface area contributed by atoms with Crippen molar-refractivity contribution in [1.29, 1.82) is 0 Å². The van der Waals surface area contributed by atoms with Gasteiger partial charge in [-0.3, -0.25) is 0 Å². The van der Waals surface area contributed by atoms with E-state index in [1.54, 1.807) is 4.31 Å². The van der Waals surface area contributed by atoms with Gasteiger partial charge in [0.15, 0.2) is 11.2 Å². The van der Waals surface area contributed by atoms with Crippen LogP contribution in [0.5, 0.6) is 0 Å². The first-order valence-corrected chi connectivity index (χ1v) is 6.77. The van der Waals surface area contributed by atoms with Gasteiger partial charge < -0.3 is 5.73 Å². The minimum atomic E-state index is -1.03. The summed E-state index contributed by atoms with van der Waals surface area (Å²) in [6.45, 7) is 1.69. The molecule has 3 N–H and O–H groups in total. The minimum Gasteiger partial charge on any atom is -0.330 e. The standard InChI is InChI=1S/C10H23N3OS/c1-13(2)15(14)12-8-10-5-3-9(7-11)4-6-10/h9-10,12H,3-8,11H2,1-2H3. The van der Waals surface area contributed by atoms with Crippen LogP contribution in [0.3, 0.4) is 0 Å². The Hall–Kier alpha value is 0.0300. The molecule has 0 aliphatic heterocycles. The van der Waals surface area contributed by atoms with Crippen molar-refractivity contribution in [3.8, 4) is 0 Å². The molecule has 1 fully saturated rings. The van der Waals surface area contributed by atoms with E-state index in [-0.39, 0.29) is 0 Å². The fourth-order valence-corrected chi connectivity index (χ4v) is 2.63. The van der Waals surface area contributed by atoms with Gasteiger partial charge in [-0.05, 0) is 44.1 Å². The highest BCUT2D eigenvalue weighted by Crippen LogP contribution is 2.27. The Kier molecular flexibility index (Phi) is 5.74. The van der Waals surface area contributed by atoms with Gasteiger partial charge in [0.2, 0.25) is 0 Å². The molecule has 1 unspecified atom stereocenters. The lowest BCUT2D eigenvalue weighted by atomic mass is 9.82. The van der Waals surface area contributed by atoms with Crippen molar-refractivity contribution in [3.63, 3.8) is 0 Å². The van der Waals surface area contributed by atoms with Crippen LogP contribution in [-0.4, -0.2) is 35.7 Å². The summed E-state index contributed by atoms with van der Waals surface area (Å²) in [5.74, 6) is 1.40. The van der Waals surface area contributed by atoms with E-state index in [1.807, 2.05) is 14.1 Å². The Balaban J connectivity index is 2.16. The van der Waals surface area contributed by atoms with E-state index in [0.717, 1.165) is 19.0 Å². The molecule has 90 valence electrons. The van der Waals surface area contributed by atoms with Gasteiger partial charge in [0, 0.05) is 20.6 Å². The lowest BCUT2D eigenvalue weighted by Gasteiger charge is -2.27. The zero-order valence-electron chi connectivity index (χ0n) is 9.74. The van der Waals surface area contributed by atoms with E-state index < -0.39 is 11.2 Å². The molecule has 1 atom stereocenters. The van der Waals surface area contributed by atoms with Crippen molar-refractivity contribution in [2.75, 3.05) is 27.2 Å². The third-order valence-corrected chi connectivity index (χ3v) is 4.20. The van der Waals surface area contributed by atoms with Gasteiger partial charge in [-0.25, -0.2) is 13.2 Å². The average molecular weight is 233 g/mol. The molecule has 1 saturated carbocycles. The molecule has 1 rings (SSSR count). The number of hydrogen-bond donors (Lipinski definition) is 2. The normalized spacial score (nSPS) is 29.3. The second-order valence-corrected chi connectivity index (χ2v) is 6.05. The summed E-state index contributed by atoms with van der Waals surface area (Å²) < 4.78 is 16.1. The maximum absolute atomic E-state index is 11.4. The van der Waals surface area contributed by atoms with Gasteiger partial charge >= 0.3 is 0 Å². The maximum atomic E-state index is 11.4. The zero-order valence-corrected chi connectivity index (χ0v) is 10.6. The molecule has 4 nitrogen and oxygen atoms in total. The predicted octanol–water partition coefficient (Wildman–Crippen LogP) is 0.481. The molecular weight excluding hydrogens is 210 g/mol. The Morgan fingerprint density at radius 1 is 1.27 bits per heavy atom. The summed E-state index contributed by atoms with van der Waals surface area (Å²) in [6, 6.07) is 0. The molecule has 15 heavy (non-hydrogen) atoms. The van der Waals surface area contributed by atoms with Crippen LogP contribution in [0.1, 0.15) is 25.7 Å². The highest BCUT2D eigenvalue weighted by atomic mass is 32.2. The Morgan fingerprint density at radius 2 is 1.80 bits per heavy atom. The van der Waals surface area contributed by atoms with E-state index in [0.29, 0.717) is 5.92 Å². The zero-order chi connectivity index (χ0) is 11.3. The fourth-order valence-electron chi connectivity index (χ4n) is 1.99. The van der Waals surface area contributed by atoms with Crippen molar-refractivity contribution in [1.82, 2.24) is 9.03 Å². The van der Waals surface area contributed by atoms with Gasteiger partial charge in [-0.15, -0.1) is 0 Å². The summed E-state index contributed by atoms with van der Waals surface area (Å²) in [6.07, 6.45) is 4.91. The largest absolute Gasteiger partial charge is 0.330 e. The summed E-state index contributed by atoms with van der Waals surface area (Å²) in [4.78, 5) is 0. The molecule has 5 heteroatoms. The highest BCUT2D eigenvalue weighted by molar-refractivity contribution is 7.80. The molecule has 0 amide bonds. The van der Waals surface area contributed by atoms with Crippen LogP contribution < -0.4 is 10.5 Å². The Morgan fingerprint density at radius 3 is 2.27 bits per heavy atom. The first-order chi connectivity index (χ1) is 7.13. The van der Waals surface area contributed by atoms with E-state index >= 15 is 0 Å². The van der Waals surface area contributed by atoms with Gasteiger partial charge in [0.25, 0.3) is 0 Å². The topological polar surface area (TPSA) is 58.4 Å². The second kappa shape index (κ2) is 6.58. The molecule has 0 spiro atoms. The van der Waals surface area contributed by atoms with E-state index in [2.05, 4.69) is 4.72 Å². The lowest BCUT2D eigenvalue weighted by Crippen LogP contribution is -2.34. The summed E-state index contributed by atoms with van der Waals surface area (Å²) >= 11 is -1.03. The van der Waals surface area contributed by atoms with Crippen molar-refractivity contribution >= 4 is 11.2 Å². The van der Waals surface area contributed by atoms with Crippen LogP contribution in [0.4, 0.5) is 0 Å². The average Bonchev–Trinajstić information content (AvgIpc) is 2.26. The number of nitrogens with two attached hydrogens (primary N) is 1. The number of nitrogens with one attached hydrogen (secondary N) is 1. The molecule has 0 aromatic rings. The van der Waals surface area contributed by atoms with Crippen molar-refractivity contribution < 1.29 is 4.21 Å². The molecule has 0 aromatic carbocycles. The minimum absolute atomic E-state index is 0.677. The Labute approximate surface area is 95.3 Å². The van der Waals surface area contributed by atoms with Gasteiger partial charge in [0.1, 0.15) is 0 Å². The highest BCUT2D eigenvalue weighted by Gasteiger charge is 2.20. The summed E-state index contributed by atoms with van der Waals surface area (Å²) in [5.41, 5.74) is 5.64. The van der Waals surface area contributed by atoms with E-state index in [1.165, 1.54) is 25.7 Å². The second-order valence-electron chi connectivity index (χ2n) is 4.53. The molecular formula is C10H23N3OS. The number of rotatable bonds is 5. The van der Waals surface area contributed by atoms with Crippen LogP contribution in [-0.2, 0) is 11.2 Å². The van der Waals surface area contributed by atoms with Crippen LogP contribution in [0.2, 0.25) is 0 Å². The molecule has 0 radical (unpaired) electrons. The lowest BCUT2D eigenvalue weighted by molar-refractivity contribution is 0.280. The van der Waals surface area contributed by atoms with Crippen LogP contribution in [0, 0.1) is 11.8 Å². The monoisotopic (exact) mass is 233 g/mol. The van der Waals surface area contributed by atoms with Gasteiger partial charge in [-0.2, -0.15) is 0 Å². The van der Waals surface area contributed by atoms with Crippen molar-refractivity contribution in [3.05, 3.63) is 0 Å². The molecule has 0 aromatic heterocycles. The first-order valence-electron chi connectivity index (χ1n) is 5.66. The molecule has 1 aliphatic carbocycles. The quantitative estimate of drug-likeness (QED) is 0.726. The molecule has 0 saturated heterocycles. The molecule has 1 aliphatic rings. The van der Waals surface area contributed by atoms with Crippen LogP contribution >= 0.6 is 0 Å². The van der Waals surface area contributed by atoms with Gasteiger partial charge in [-0.1, -0.05) is 0 Å². The number of hydrogen-bond acceptors (Lipinski definition) is 2. The van der Waals surface area contributed by atoms with Crippen molar-refractivity contribution in [2.24, 2.45) is 17.6 Å². The SMILES string of the molecule is CN(C)S(=O)NCC1CCC(CN)CC1.